The lowest BCUT2D eigenvalue weighted by atomic mass is 10.1. The number of H-pyrrole nitrogens is 1. The minimum Gasteiger partial charge on any atom is -0.493 e. The highest BCUT2D eigenvalue weighted by Gasteiger charge is 2.27. The van der Waals surface area contributed by atoms with Crippen molar-refractivity contribution >= 4 is 0 Å². The minimum atomic E-state index is 0.716. The number of fused-ring (bicyclic) bond motifs is 3. The number of hydrogen-bond donors (Lipinski definition) is 1. The number of hydrogen-bond acceptors (Lipinski definition) is 5. The van der Waals surface area contributed by atoms with Crippen LogP contribution in [0.1, 0.15) is 11.1 Å². The molecule has 0 amide bonds. The molecule has 0 spiro atoms. The number of benzene rings is 1. The maximum absolute atomic E-state index is 5.39. The monoisotopic (exact) mass is 294 g/mol. The van der Waals surface area contributed by atoms with Gasteiger partial charge in [-0.1, -0.05) is 0 Å². The largest absolute Gasteiger partial charge is 0.493 e. The highest BCUT2D eigenvalue weighted by molar-refractivity contribution is 5.82. The molecule has 22 heavy (non-hydrogen) atoms. The van der Waals surface area contributed by atoms with E-state index in [1.165, 1.54) is 11.9 Å². The third-order valence-corrected chi connectivity index (χ3v) is 3.95. The van der Waals surface area contributed by atoms with E-state index >= 15 is 0 Å². The molecule has 4 rings (SSSR count). The van der Waals surface area contributed by atoms with E-state index in [0.29, 0.717) is 5.75 Å². The quantitative estimate of drug-likeness (QED) is 0.628. The summed E-state index contributed by atoms with van der Waals surface area (Å²) in [5.74, 6) is 1.46. The molecule has 0 fully saturated rings. The molecule has 2 heterocycles. The fourth-order valence-corrected chi connectivity index (χ4v) is 2.91. The van der Waals surface area contributed by atoms with Gasteiger partial charge in [0, 0.05) is 35.5 Å². The summed E-state index contributed by atoms with van der Waals surface area (Å²) in [5.41, 5.74) is 6.27. The molecule has 1 aromatic carbocycles. The molecule has 1 N–H and O–H groups in total. The molecule has 6 heteroatoms. The van der Waals surface area contributed by atoms with Gasteiger partial charge in [0.2, 0.25) is 0 Å². The smallest absolute Gasteiger partial charge is 0.161 e. The Labute approximate surface area is 127 Å². The van der Waals surface area contributed by atoms with Gasteiger partial charge in [0.25, 0.3) is 0 Å². The zero-order valence-corrected chi connectivity index (χ0v) is 12.3. The Morgan fingerprint density at radius 1 is 1.05 bits per heavy atom. The van der Waals surface area contributed by atoms with Crippen molar-refractivity contribution in [3.05, 3.63) is 42.0 Å². The van der Waals surface area contributed by atoms with Crippen LogP contribution in [0.15, 0.2) is 30.9 Å². The van der Waals surface area contributed by atoms with E-state index in [1.54, 1.807) is 26.6 Å². The van der Waals surface area contributed by atoms with Gasteiger partial charge in [-0.05, 0) is 17.7 Å². The summed E-state index contributed by atoms with van der Waals surface area (Å²) in [6.45, 7) is 0. The average molecular weight is 294 g/mol. The van der Waals surface area contributed by atoms with Crippen LogP contribution in [0.5, 0.6) is 11.5 Å². The predicted molar refractivity (Wildman–Crippen MR) is 81.0 cm³/mol. The fraction of sp³-hybridized carbons (Fsp3) is 0.188. The molecule has 0 unspecified atom stereocenters. The van der Waals surface area contributed by atoms with E-state index in [4.69, 9.17) is 9.47 Å². The Balaban J connectivity index is 1.85. The maximum atomic E-state index is 5.39. The Morgan fingerprint density at radius 3 is 2.50 bits per heavy atom. The van der Waals surface area contributed by atoms with E-state index < -0.39 is 0 Å². The molecule has 0 saturated heterocycles. The first kappa shape index (κ1) is 12.8. The van der Waals surface area contributed by atoms with Crippen LogP contribution in [0, 0.1) is 0 Å². The van der Waals surface area contributed by atoms with Gasteiger partial charge in [-0.25, -0.2) is 9.97 Å². The number of aromatic nitrogens is 4. The van der Waals surface area contributed by atoms with Crippen molar-refractivity contribution in [2.24, 2.45) is 0 Å². The number of methoxy groups -OCH3 is 2. The molecular formula is C16H14N4O2. The van der Waals surface area contributed by atoms with Gasteiger partial charge in [0.05, 0.1) is 25.6 Å². The lowest BCUT2D eigenvalue weighted by Crippen LogP contribution is -1.93. The molecule has 0 bridgehead atoms. The Morgan fingerprint density at radius 2 is 1.77 bits per heavy atom. The normalized spacial score (nSPS) is 11.9. The molecule has 3 aromatic rings. The van der Waals surface area contributed by atoms with Crippen LogP contribution in [0.2, 0.25) is 0 Å². The lowest BCUT2D eigenvalue weighted by molar-refractivity contribution is 0.355. The van der Waals surface area contributed by atoms with Crippen LogP contribution >= 0.6 is 0 Å². The van der Waals surface area contributed by atoms with Crippen molar-refractivity contribution in [3.8, 4) is 34.0 Å². The van der Waals surface area contributed by atoms with Crippen molar-refractivity contribution in [2.75, 3.05) is 14.2 Å². The Kier molecular flexibility index (Phi) is 2.82. The van der Waals surface area contributed by atoms with Crippen molar-refractivity contribution in [1.82, 2.24) is 20.2 Å². The molecule has 0 radical (unpaired) electrons. The SMILES string of the molecule is COc1cc2c(cc1OC)-c1[nH]nc(-c3cncnc3)c1C2. The molecule has 2 aromatic heterocycles. The third-order valence-electron chi connectivity index (χ3n) is 3.95. The van der Waals surface area contributed by atoms with E-state index in [-0.39, 0.29) is 0 Å². The van der Waals surface area contributed by atoms with E-state index in [1.807, 2.05) is 12.1 Å². The summed E-state index contributed by atoms with van der Waals surface area (Å²) >= 11 is 0. The molecule has 1 aliphatic carbocycles. The standard InChI is InChI=1S/C16H14N4O2/c1-21-13-4-9-3-12-15(10-6-17-8-18-7-10)19-20-16(12)11(9)5-14(13)22-2/h4-8H,3H2,1-2H3,(H,19,20). The first-order chi connectivity index (χ1) is 10.8. The highest BCUT2D eigenvalue weighted by atomic mass is 16.5. The van der Waals surface area contributed by atoms with Crippen molar-refractivity contribution in [2.45, 2.75) is 6.42 Å². The highest BCUT2D eigenvalue weighted by Crippen LogP contribution is 2.44. The summed E-state index contributed by atoms with van der Waals surface area (Å²) in [6.07, 6.45) is 5.85. The van der Waals surface area contributed by atoms with Crippen LogP contribution < -0.4 is 9.47 Å². The van der Waals surface area contributed by atoms with Crippen molar-refractivity contribution in [3.63, 3.8) is 0 Å². The second-order valence-corrected chi connectivity index (χ2v) is 5.09. The molecule has 0 atom stereocenters. The Bertz CT molecular complexity index is 843. The minimum absolute atomic E-state index is 0.716. The number of aromatic amines is 1. The number of nitrogens with one attached hydrogen (secondary N) is 1. The van der Waals surface area contributed by atoms with Crippen molar-refractivity contribution < 1.29 is 9.47 Å². The maximum Gasteiger partial charge on any atom is 0.161 e. The van der Waals surface area contributed by atoms with Crippen LogP contribution in [0.3, 0.4) is 0 Å². The van der Waals surface area contributed by atoms with Gasteiger partial charge in [-0.2, -0.15) is 5.10 Å². The second kappa shape index (κ2) is 4.84. The fourth-order valence-electron chi connectivity index (χ4n) is 2.91. The van der Waals surface area contributed by atoms with Crippen LogP contribution in [0.25, 0.3) is 22.5 Å². The molecule has 1 aliphatic rings. The third kappa shape index (κ3) is 1.77. The van der Waals surface area contributed by atoms with Gasteiger partial charge >= 0.3 is 0 Å². The first-order valence-electron chi connectivity index (χ1n) is 6.89. The summed E-state index contributed by atoms with van der Waals surface area (Å²) in [4.78, 5) is 8.13. The number of ether oxygens (including phenoxy) is 2. The zero-order chi connectivity index (χ0) is 15.1. The number of rotatable bonds is 3. The van der Waals surface area contributed by atoms with Crippen molar-refractivity contribution in [1.29, 1.82) is 0 Å². The van der Waals surface area contributed by atoms with Crippen LogP contribution in [-0.4, -0.2) is 34.4 Å². The van der Waals surface area contributed by atoms with Gasteiger partial charge < -0.3 is 9.47 Å². The summed E-state index contributed by atoms with van der Waals surface area (Å²) in [6, 6.07) is 4.01. The van der Waals surface area contributed by atoms with E-state index in [0.717, 1.165) is 40.2 Å². The molecule has 110 valence electrons. The molecule has 6 nitrogen and oxygen atoms in total. The summed E-state index contributed by atoms with van der Waals surface area (Å²) < 4.78 is 10.8. The first-order valence-corrected chi connectivity index (χ1v) is 6.89. The zero-order valence-electron chi connectivity index (χ0n) is 12.3. The number of nitrogens with zero attached hydrogens (tertiary/aromatic N) is 3. The molecule has 0 saturated carbocycles. The van der Waals surface area contributed by atoms with Gasteiger partial charge in [-0.3, -0.25) is 5.10 Å². The molecular weight excluding hydrogens is 280 g/mol. The van der Waals surface area contributed by atoms with Crippen LogP contribution in [0.4, 0.5) is 0 Å². The predicted octanol–water partition coefficient (Wildman–Crippen LogP) is 2.46. The second-order valence-electron chi connectivity index (χ2n) is 5.09. The van der Waals surface area contributed by atoms with E-state index in [2.05, 4.69) is 20.2 Å². The Hall–Kier alpha value is -2.89. The topological polar surface area (TPSA) is 72.9 Å². The van der Waals surface area contributed by atoms with Gasteiger partial charge in [0.1, 0.15) is 6.33 Å². The van der Waals surface area contributed by atoms with Gasteiger partial charge in [0.15, 0.2) is 11.5 Å². The van der Waals surface area contributed by atoms with E-state index in [9.17, 15) is 0 Å². The molecule has 0 aliphatic heterocycles. The van der Waals surface area contributed by atoms with Gasteiger partial charge in [-0.15, -0.1) is 0 Å². The van der Waals surface area contributed by atoms with Crippen LogP contribution in [-0.2, 0) is 6.42 Å². The lowest BCUT2D eigenvalue weighted by Gasteiger charge is -2.10. The summed E-state index contributed by atoms with van der Waals surface area (Å²) in [7, 11) is 3.28. The average Bonchev–Trinajstić information content (AvgIpc) is 3.13. The summed E-state index contributed by atoms with van der Waals surface area (Å²) in [5, 5.41) is 7.56.